The van der Waals surface area contributed by atoms with Crippen LogP contribution in [0.5, 0.6) is 5.75 Å². The fourth-order valence-electron chi connectivity index (χ4n) is 2.29. The van der Waals surface area contributed by atoms with Crippen LogP contribution in [0.4, 0.5) is 0 Å². The van der Waals surface area contributed by atoms with Crippen LogP contribution in [0.1, 0.15) is 0 Å². The van der Waals surface area contributed by atoms with E-state index in [1.54, 1.807) is 13.2 Å². The molecule has 0 bridgehead atoms. The van der Waals surface area contributed by atoms with E-state index in [0.717, 1.165) is 16.9 Å². The molecule has 0 spiro atoms. The highest BCUT2D eigenvalue weighted by Gasteiger charge is 2.15. The van der Waals surface area contributed by atoms with Gasteiger partial charge in [-0.25, -0.2) is 0 Å². The van der Waals surface area contributed by atoms with Crippen molar-refractivity contribution in [2.75, 3.05) is 7.11 Å². The molecule has 0 saturated heterocycles. The van der Waals surface area contributed by atoms with E-state index in [4.69, 9.17) is 13.7 Å². The lowest BCUT2D eigenvalue weighted by molar-refractivity contribution is 0.415. The second-order valence-corrected chi connectivity index (χ2v) is 5.08. The van der Waals surface area contributed by atoms with Gasteiger partial charge in [0, 0.05) is 17.2 Å². The molecule has 0 amide bonds. The molecule has 0 aliphatic carbocycles. The zero-order valence-electron chi connectivity index (χ0n) is 12.8. The van der Waals surface area contributed by atoms with Gasteiger partial charge in [-0.1, -0.05) is 35.5 Å². The summed E-state index contributed by atoms with van der Waals surface area (Å²) in [5, 5.41) is 12.1. The second-order valence-electron chi connectivity index (χ2n) is 5.08. The van der Waals surface area contributed by atoms with Gasteiger partial charge in [0.05, 0.1) is 7.11 Å². The largest absolute Gasteiger partial charge is 0.497 e. The van der Waals surface area contributed by atoms with Crippen molar-refractivity contribution < 1.29 is 13.7 Å². The molecule has 24 heavy (non-hydrogen) atoms. The maximum absolute atomic E-state index is 5.69. The molecule has 0 saturated carbocycles. The number of methoxy groups -OCH3 is 1. The van der Waals surface area contributed by atoms with Gasteiger partial charge < -0.3 is 13.7 Å². The van der Waals surface area contributed by atoms with Gasteiger partial charge >= 0.3 is 0 Å². The van der Waals surface area contributed by atoms with Gasteiger partial charge in [-0.3, -0.25) is 0 Å². The Kier molecular flexibility index (Phi) is 3.55. The second kappa shape index (κ2) is 6.00. The van der Waals surface area contributed by atoms with Crippen LogP contribution in [0.3, 0.4) is 0 Å². The zero-order valence-corrected chi connectivity index (χ0v) is 12.8. The van der Waals surface area contributed by atoms with E-state index in [9.17, 15) is 0 Å². The first-order valence-electron chi connectivity index (χ1n) is 7.34. The summed E-state index contributed by atoms with van der Waals surface area (Å²) in [6, 6.07) is 18.9. The number of hydrogen-bond acceptors (Lipinski definition) is 6. The predicted octanol–water partition coefficient (Wildman–Crippen LogP) is 4.07. The smallest absolute Gasteiger partial charge is 0.270 e. The van der Waals surface area contributed by atoms with Crippen molar-refractivity contribution in [3.05, 3.63) is 60.7 Å². The number of aromatic nitrogens is 3. The summed E-state index contributed by atoms with van der Waals surface area (Å²) in [4.78, 5) is 0. The van der Waals surface area contributed by atoms with E-state index in [1.807, 2.05) is 54.6 Å². The monoisotopic (exact) mass is 319 g/mol. The van der Waals surface area contributed by atoms with Crippen LogP contribution >= 0.6 is 0 Å². The van der Waals surface area contributed by atoms with Crippen LogP contribution in [-0.2, 0) is 0 Å². The van der Waals surface area contributed by atoms with E-state index in [0.29, 0.717) is 23.2 Å². The van der Waals surface area contributed by atoms with Gasteiger partial charge in [0.2, 0.25) is 5.89 Å². The van der Waals surface area contributed by atoms with E-state index < -0.39 is 0 Å². The molecule has 0 unspecified atom stereocenters. The molecule has 2 aromatic heterocycles. The normalized spacial score (nSPS) is 10.7. The number of rotatable bonds is 4. The van der Waals surface area contributed by atoms with Crippen LogP contribution in [0.15, 0.2) is 69.6 Å². The minimum Gasteiger partial charge on any atom is -0.497 e. The summed E-state index contributed by atoms with van der Waals surface area (Å²) in [5.74, 6) is 2.14. The van der Waals surface area contributed by atoms with E-state index >= 15 is 0 Å². The highest BCUT2D eigenvalue weighted by molar-refractivity contribution is 5.63. The number of hydrogen-bond donors (Lipinski definition) is 0. The van der Waals surface area contributed by atoms with Crippen molar-refractivity contribution in [1.29, 1.82) is 0 Å². The first-order chi connectivity index (χ1) is 11.8. The topological polar surface area (TPSA) is 74.2 Å². The van der Waals surface area contributed by atoms with Gasteiger partial charge in [0.25, 0.3) is 5.89 Å². The number of benzene rings is 2. The molecule has 0 atom stereocenters. The van der Waals surface area contributed by atoms with E-state index in [1.165, 1.54) is 0 Å². The van der Waals surface area contributed by atoms with Crippen molar-refractivity contribution in [3.8, 4) is 40.1 Å². The minimum atomic E-state index is 0.312. The molecular weight excluding hydrogens is 306 g/mol. The third-order valence-corrected chi connectivity index (χ3v) is 3.55. The highest BCUT2D eigenvalue weighted by atomic mass is 16.5. The van der Waals surface area contributed by atoms with E-state index in [2.05, 4.69) is 15.4 Å². The summed E-state index contributed by atoms with van der Waals surface area (Å²) >= 11 is 0. The number of ether oxygens (including phenoxy) is 1. The zero-order chi connectivity index (χ0) is 16.4. The molecule has 0 fully saturated rings. The highest BCUT2D eigenvalue weighted by Crippen LogP contribution is 2.28. The summed E-state index contributed by atoms with van der Waals surface area (Å²) in [7, 11) is 1.62. The standard InChI is InChI=1S/C18H13N3O3/c1-22-14-9-7-13(8-10-14)17-19-20-18(23-17)15-11-16(24-21-15)12-5-3-2-4-6-12/h2-11H,1H3. The van der Waals surface area contributed by atoms with Crippen molar-refractivity contribution in [2.45, 2.75) is 0 Å². The van der Waals surface area contributed by atoms with Crippen molar-refractivity contribution in [3.63, 3.8) is 0 Å². The maximum atomic E-state index is 5.69. The minimum absolute atomic E-state index is 0.312. The first kappa shape index (κ1) is 14.2. The quantitative estimate of drug-likeness (QED) is 0.564. The Morgan fingerprint density at radius 1 is 0.833 bits per heavy atom. The van der Waals surface area contributed by atoms with E-state index in [-0.39, 0.29) is 0 Å². The molecule has 4 aromatic rings. The average Bonchev–Trinajstić information content (AvgIpc) is 3.32. The fraction of sp³-hybridized carbons (Fsp3) is 0.0556. The summed E-state index contributed by atoms with van der Waals surface area (Å²) in [6.07, 6.45) is 0. The fourth-order valence-corrected chi connectivity index (χ4v) is 2.29. The Morgan fingerprint density at radius 3 is 2.33 bits per heavy atom. The van der Waals surface area contributed by atoms with Crippen molar-refractivity contribution >= 4 is 0 Å². The van der Waals surface area contributed by atoms with Gasteiger partial charge in [0.15, 0.2) is 11.5 Å². The Balaban J connectivity index is 1.62. The van der Waals surface area contributed by atoms with Crippen molar-refractivity contribution in [1.82, 2.24) is 15.4 Å². The van der Waals surface area contributed by atoms with Crippen LogP contribution in [-0.4, -0.2) is 22.5 Å². The van der Waals surface area contributed by atoms with Crippen LogP contribution in [0.2, 0.25) is 0 Å². The van der Waals surface area contributed by atoms with Gasteiger partial charge in [-0.2, -0.15) is 0 Å². The molecular formula is C18H13N3O3. The molecule has 6 heteroatoms. The molecule has 2 heterocycles. The van der Waals surface area contributed by atoms with Crippen molar-refractivity contribution in [2.24, 2.45) is 0 Å². The molecule has 0 radical (unpaired) electrons. The summed E-state index contributed by atoms with van der Waals surface area (Å²) < 4.78 is 16.2. The third-order valence-electron chi connectivity index (χ3n) is 3.55. The molecule has 0 aliphatic heterocycles. The summed E-state index contributed by atoms with van der Waals surface area (Å²) in [6.45, 7) is 0. The van der Waals surface area contributed by atoms with Crippen LogP contribution in [0.25, 0.3) is 34.4 Å². The summed E-state index contributed by atoms with van der Waals surface area (Å²) in [5.41, 5.74) is 2.24. The Hall–Kier alpha value is -3.41. The molecule has 0 N–H and O–H groups in total. The van der Waals surface area contributed by atoms with Gasteiger partial charge in [0.1, 0.15) is 5.75 Å². The van der Waals surface area contributed by atoms with Crippen LogP contribution in [0, 0.1) is 0 Å². The molecule has 2 aromatic carbocycles. The third kappa shape index (κ3) is 2.65. The Labute approximate surface area is 137 Å². The van der Waals surface area contributed by atoms with Gasteiger partial charge in [-0.15, -0.1) is 10.2 Å². The lowest BCUT2D eigenvalue weighted by atomic mass is 10.2. The lowest BCUT2D eigenvalue weighted by Crippen LogP contribution is -1.82. The molecule has 0 aliphatic rings. The first-order valence-corrected chi connectivity index (χ1v) is 7.34. The Bertz CT molecular complexity index is 943. The molecule has 6 nitrogen and oxygen atoms in total. The number of nitrogens with zero attached hydrogens (tertiary/aromatic N) is 3. The average molecular weight is 319 g/mol. The molecule has 118 valence electrons. The maximum Gasteiger partial charge on any atom is 0.270 e. The SMILES string of the molecule is COc1ccc(-c2nnc(-c3cc(-c4ccccc4)on3)o2)cc1. The van der Waals surface area contributed by atoms with Gasteiger partial charge in [-0.05, 0) is 24.3 Å². The Morgan fingerprint density at radius 2 is 1.58 bits per heavy atom. The molecule has 4 rings (SSSR count). The lowest BCUT2D eigenvalue weighted by Gasteiger charge is -1.98. The predicted molar refractivity (Wildman–Crippen MR) is 87.2 cm³/mol. The van der Waals surface area contributed by atoms with Crippen LogP contribution < -0.4 is 4.74 Å².